The SMILES string of the molecule is C=C(N)NC(=O)NC. The molecule has 0 rings (SSSR count). The fraction of sp³-hybridized carbons (Fsp3) is 0.250. The molecule has 46 valence electrons. The van der Waals surface area contributed by atoms with Crippen molar-refractivity contribution in [3.05, 3.63) is 12.4 Å². The normalized spacial score (nSPS) is 7.62. The van der Waals surface area contributed by atoms with Gasteiger partial charge in [0.25, 0.3) is 0 Å². The molecule has 0 unspecified atom stereocenters. The summed E-state index contributed by atoms with van der Waals surface area (Å²) >= 11 is 0. The highest BCUT2D eigenvalue weighted by Crippen LogP contribution is 1.65. The van der Waals surface area contributed by atoms with E-state index in [0.717, 1.165) is 0 Å². The standard InChI is InChI=1S/C4H9N3O/c1-3(5)7-4(8)6-2/h1,5H2,2H3,(H2,6,7,8). The van der Waals surface area contributed by atoms with Crippen LogP contribution in [0.1, 0.15) is 0 Å². The predicted octanol–water partition coefficient (Wildman–Crippen LogP) is -0.655. The summed E-state index contributed by atoms with van der Waals surface area (Å²) in [5.41, 5.74) is 5.00. The van der Waals surface area contributed by atoms with Gasteiger partial charge in [-0.05, 0) is 0 Å². The van der Waals surface area contributed by atoms with Gasteiger partial charge >= 0.3 is 6.03 Å². The van der Waals surface area contributed by atoms with Crippen molar-refractivity contribution in [3.63, 3.8) is 0 Å². The van der Waals surface area contributed by atoms with E-state index in [1.165, 1.54) is 7.05 Å². The molecule has 0 aliphatic carbocycles. The third-order valence-electron chi connectivity index (χ3n) is 0.501. The molecule has 2 amide bonds. The van der Waals surface area contributed by atoms with Crippen LogP contribution in [0.5, 0.6) is 0 Å². The molecule has 0 aliphatic rings. The number of nitrogens with one attached hydrogen (secondary N) is 2. The Balaban J connectivity index is 3.40. The van der Waals surface area contributed by atoms with Crippen molar-refractivity contribution in [2.75, 3.05) is 7.05 Å². The molecular formula is C4H9N3O. The van der Waals surface area contributed by atoms with Crippen LogP contribution < -0.4 is 16.4 Å². The quantitative estimate of drug-likeness (QED) is 0.425. The Morgan fingerprint density at radius 2 is 2.25 bits per heavy atom. The summed E-state index contributed by atoms with van der Waals surface area (Å²) in [6, 6.07) is -0.350. The highest BCUT2D eigenvalue weighted by Gasteiger charge is 1.91. The molecular weight excluding hydrogens is 106 g/mol. The molecule has 0 aromatic rings. The average molecular weight is 115 g/mol. The lowest BCUT2D eigenvalue weighted by Crippen LogP contribution is -2.34. The molecule has 0 aliphatic heterocycles. The second-order valence-corrected chi connectivity index (χ2v) is 1.23. The van der Waals surface area contributed by atoms with Gasteiger partial charge in [0.05, 0.1) is 5.82 Å². The third kappa shape index (κ3) is 3.02. The number of rotatable bonds is 1. The first-order valence-corrected chi connectivity index (χ1v) is 2.10. The van der Waals surface area contributed by atoms with Crippen molar-refractivity contribution in [3.8, 4) is 0 Å². The van der Waals surface area contributed by atoms with E-state index in [4.69, 9.17) is 5.73 Å². The predicted molar refractivity (Wildman–Crippen MR) is 30.9 cm³/mol. The Kier molecular flexibility index (Phi) is 2.47. The lowest BCUT2D eigenvalue weighted by atomic mass is 10.8. The maximum atomic E-state index is 10.3. The van der Waals surface area contributed by atoms with Gasteiger partial charge in [0.1, 0.15) is 0 Å². The second kappa shape index (κ2) is 2.90. The molecule has 0 aromatic heterocycles. The Bertz CT molecular complexity index is 110. The minimum Gasteiger partial charge on any atom is -0.386 e. The summed E-state index contributed by atoms with van der Waals surface area (Å²) < 4.78 is 0. The highest BCUT2D eigenvalue weighted by atomic mass is 16.2. The molecule has 4 nitrogen and oxygen atoms in total. The fourth-order valence-corrected chi connectivity index (χ4v) is 0.208. The van der Waals surface area contributed by atoms with Gasteiger partial charge in [-0.1, -0.05) is 6.58 Å². The molecule has 4 heteroatoms. The van der Waals surface area contributed by atoms with Crippen molar-refractivity contribution in [1.29, 1.82) is 0 Å². The van der Waals surface area contributed by atoms with Gasteiger partial charge < -0.3 is 11.1 Å². The first kappa shape index (κ1) is 6.81. The van der Waals surface area contributed by atoms with Crippen LogP contribution in [-0.2, 0) is 0 Å². The van der Waals surface area contributed by atoms with Crippen LogP contribution in [0, 0.1) is 0 Å². The molecule has 0 spiro atoms. The summed E-state index contributed by atoms with van der Waals surface area (Å²) in [4.78, 5) is 10.3. The summed E-state index contributed by atoms with van der Waals surface area (Å²) in [6.07, 6.45) is 0. The van der Waals surface area contributed by atoms with Gasteiger partial charge in [-0.25, -0.2) is 4.79 Å². The Labute approximate surface area is 47.7 Å². The molecule has 0 fully saturated rings. The largest absolute Gasteiger partial charge is 0.386 e. The lowest BCUT2D eigenvalue weighted by molar-refractivity contribution is 0.245. The molecule has 0 saturated heterocycles. The van der Waals surface area contributed by atoms with E-state index in [1.807, 2.05) is 0 Å². The number of carbonyl (C=O) groups excluding carboxylic acids is 1. The maximum absolute atomic E-state index is 10.3. The zero-order valence-corrected chi connectivity index (χ0v) is 4.69. The molecule has 8 heavy (non-hydrogen) atoms. The monoisotopic (exact) mass is 115 g/mol. The van der Waals surface area contributed by atoms with Crippen LogP contribution in [0.25, 0.3) is 0 Å². The number of nitrogens with two attached hydrogens (primary N) is 1. The van der Waals surface area contributed by atoms with Crippen LogP contribution in [-0.4, -0.2) is 13.1 Å². The van der Waals surface area contributed by atoms with Gasteiger partial charge in [-0.15, -0.1) is 0 Å². The van der Waals surface area contributed by atoms with Crippen LogP contribution in [0.15, 0.2) is 12.4 Å². The van der Waals surface area contributed by atoms with Crippen LogP contribution in [0.3, 0.4) is 0 Å². The summed E-state index contributed by atoms with van der Waals surface area (Å²) in [6.45, 7) is 3.25. The smallest absolute Gasteiger partial charge is 0.320 e. The average Bonchev–Trinajstić information content (AvgIpc) is 1.65. The van der Waals surface area contributed by atoms with E-state index < -0.39 is 0 Å². The van der Waals surface area contributed by atoms with E-state index in [9.17, 15) is 4.79 Å². The van der Waals surface area contributed by atoms with Crippen LogP contribution in [0.4, 0.5) is 4.79 Å². The zero-order chi connectivity index (χ0) is 6.57. The minimum atomic E-state index is -0.350. The number of hydrogen-bond donors (Lipinski definition) is 3. The van der Waals surface area contributed by atoms with Crippen LogP contribution >= 0.6 is 0 Å². The van der Waals surface area contributed by atoms with E-state index in [1.54, 1.807) is 0 Å². The van der Waals surface area contributed by atoms with Gasteiger partial charge in [0, 0.05) is 7.05 Å². The van der Waals surface area contributed by atoms with E-state index >= 15 is 0 Å². The number of amides is 2. The number of carbonyl (C=O) groups is 1. The molecule has 0 bridgehead atoms. The molecule has 0 saturated carbocycles. The summed E-state index contributed by atoms with van der Waals surface area (Å²) in [5.74, 6) is 0.143. The van der Waals surface area contributed by atoms with Crippen LogP contribution in [0.2, 0.25) is 0 Å². The second-order valence-electron chi connectivity index (χ2n) is 1.23. The minimum absolute atomic E-state index is 0.143. The Hall–Kier alpha value is -1.19. The van der Waals surface area contributed by atoms with Gasteiger partial charge in [-0.3, -0.25) is 5.32 Å². The zero-order valence-electron chi connectivity index (χ0n) is 4.69. The summed E-state index contributed by atoms with van der Waals surface area (Å²) in [7, 11) is 1.50. The van der Waals surface area contributed by atoms with Crippen molar-refractivity contribution < 1.29 is 4.79 Å². The Morgan fingerprint density at radius 1 is 1.75 bits per heavy atom. The van der Waals surface area contributed by atoms with E-state index in [0.29, 0.717) is 0 Å². The number of urea groups is 1. The number of hydrogen-bond acceptors (Lipinski definition) is 2. The van der Waals surface area contributed by atoms with Crippen molar-refractivity contribution in [2.24, 2.45) is 5.73 Å². The van der Waals surface area contributed by atoms with Crippen molar-refractivity contribution in [2.45, 2.75) is 0 Å². The van der Waals surface area contributed by atoms with E-state index in [2.05, 4.69) is 17.2 Å². The lowest BCUT2D eigenvalue weighted by Gasteiger charge is -1.99. The van der Waals surface area contributed by atoms with Crippen molar-refractivity contribution in [1.82, 2.24) is 10.6 Å². The molecule has 0 aromatic carbocycles. The van der Waals surface area contributed by atoms with E-state index in [-0.39, 0.29) is 11.9 Å². The molecule has 0 atom stereocenters. The first-order chi connectivity index (χ1) is 3.66. The third-order valence-corrected chi connectivity index (χ3v) is 0.501. The fourth-order valence-electron chi connectivity index (χ4n) is 0.208. The van der Waals surface area contributed by atoms with Crippen molar-refractivity contribution >= 4 is 6.03 Å². The maximum Gasteiger partial charge on any atom is 0.320 e. The highest BCUT2D eigenvalue weighted by molar-refractivity contribution is 5.75. The molecule has 0 radical (unpaired) electrons. The first-order valence-electron chi connectivity index (χ1n) is 2.10. The van der Waals surface area contributed by atoms with Gasteiger partial charge in [-0.2, -0.15) is 0 Å². The Morgan fingerprint density at radius 3 is 2.38 bits per heavy atom. The molecule has 0 heterocycles. The topological polar surface area (TPSA) is 67.1 Å². The molecule has 4 N–H and O–H groups in total. The summed E-state index contributed by atoms with van der Waals surface area (Å²) in [5, 5.41) is 4.53. The van der Waals surface area contributed by atoms with Gasteiger partial charge in [0.2, 0.25) is 0 Å². The van der Waals surface area contributed by atoms with Gasteiger partial charge in [0.15, 0.2) is 0 Å².